The number of nitrogen functional groups attached to an aromatic ring is 1. The van der Waals surface area contributed by atoms with Crippen molar-refractivity contribution in [3.8, 4) is 11.5 Å². The summed E-state index contributed by atoms with van der Waals surface area (Å²) in [6.45, 7) is 1.08. The van der Waals surface area contributed by atoms with Crippen LogP contribution in [-0.2, 0) is 9.53 Å². The van der Waals surface area contributed by atoms with Gasteiger partial charge in [-0.15, -0.1) is 0 Å². The lowest BCUT2D eigenvalue weighted by atomic mass is 10.2. The highest BCUT2D eigenvalue weighted by atomic mass is 16.5. The molecule has 3 N–H and O–H groups in total. The molecule has 3 aromatic rings. The van der Waals surface area contributed by atoms with Gasteiger partial charge < -0.3 is 25.0 Å². The lowest BCUT2D eigenvalue weighted by molar-refractivity contribution is -0.119. The number of esters is 1. The summed E-state index contributed by atoms with van der Waals surface area (Å²) in [5.41, 5.74) is 6.35. The van der Waals surface area contributed by atoms with Gasteiger partial charge in [0.2, 0.25) is 5.88 Å². The number of rotatable bonds is 6. The van der Waals surface area contributed by atoms with Crippen LogP contribution in [0.1, 0.15) is 16.1 Å². The van der Waals surface area contributed by atoms with Gasteiger partial charge in [0.15, 0.2) is 6.61 Å². The number of para-hydroxylation sites is 1. The van der Waals surface area contributed by atoms with Crippen molar-refractivity contribution in [3.63, 3.8) is 0 Å². The summed E-state index contributed by atoms with van der Waals surface area (Å²) in [7, 11) is 0. The molecular formula is C19H17N3O5. The molecule has 138 valence electrons. The molecule has 0 saturated heterocycles. The van der Waals surface area contributed by atoms with Crippen LogP contribution in [0.4, 0.5) is 11.6 Å². The van der Waals surface area contributed by atoms with E-state index in [0.717, 1.165) is 0 Å². The predicted octanol–water partition coefficient (Wildman–Crippen LogP) is 3.15. The second-order valence-electron chi connectivity index (χ2n) is 5.57. The van der Waals surface area contributed by atoms with Crippen LogP contribution in [-0.4, -0.2) is 23.6 Å². The third-order valence-electron chi connectivity index (χ3n) is 3.54. The molecule has 0 aliphatic rings. The first-order valence-electron chi connectivity index (χ1n) is 8.04. The van der Waals surface area contributed by atoms with Gasteiger partial charge in [0.25, 0.3) is 5.91 Å². The van der Waals surface area contributed by atoms with E-state index in [1.54, 1.807) is 31.2 Å². The van der Waals surface area contributed by atoms with Crippen molar-refractivity contribution < 1.29 is 23.6 Å². The Hall–Kier alpha value is -3.81. The molecule has 0 spiro atoms. The molecule has 1 amide bonds. The number of aryl methyl sites for hydroxylation is 1. The number of carbonyl (C=O) groups is 2. The molecule has 0 unspecified atom stereocenters. The smallest absolute Gasteiger partial charge is 0.346 e. The van der Waals surface area contributed by atoms with Gasteiger partial charge in [0, 0.05) is 5.69 Å². The quantitative estimate of drug-likeness (QED) is 0.643. The van der Waals surface area contributed by atoms with E-state index < -0.39 is 18.5 Å². The van der Waals surface area contributed by atoms with E-state index in [0.29, 0.717) is 22.9 Å². The monoisotopic (exact) mass is 367 g/mol. The molecule has 3 rings (SSSR count). The van der Waals surface area contributed by atoms with E-state index in [1.165, 1.54) is 0 Å². The highest BCUT2D eigenvalue weighted by Gasteiger charge is 2.20. The van der Waals surface area contributed by atoms with E-state index in [9.17, 15) is 9.59 Å². The van der Waals surface area contributed by atoms with Crippen LogP contribution >= 0.6 is 0 Å². The molecule has 27 heavy (non-hydrogen) atoms. The van der Waals surface area contributed by atoms with Gasteiger partial charge in [0.05, 0.1) is 5.69 Å². The summed E-state index contributed by atoms with van der Waals surface area (Å²) in [6.07, 6.45) is 0. The Balaban J connectivity index is 1.51. The van der Waals surface area contributed by atoms with Crippen LogP contribution in [0.5, 0.6) is 11.5 Å². The van der Waals surface area contributed by atoms with Gasteiger partial charge >= 0.3 is 5.97 Å². The second-order valence-corrected chi connectivity index (χ2v) is 5.57. The molecule has 0 aliphatic carbocycles. The molecule has 0 radical (unpaired) electrons. The molecule has 0 saturated carbocycles. The maximum atomic E-state index is 11.9. The zero-order valence-electron chi connectivity index (χ0n) is 14.5. The normalized spacial score (nSPS) is 10.3. The molecule has 0 fully saturated rings. The lowest BCUT2D eigenvalue weighted by Gasteiger charge is -2.08. The third-order valence-corrected chi connectivity index (χ3v) is 3.54. The number of carbonyl (C=O) groups excluding carboxylic acids is 2. The van der Waals surface area contributed by atoms with Crippen molar-refractivity contribution in [2.45, 2.75) is 6.92 Å². The molecule has 0 bridgehead atoms. The van der Waals surface area contributed by atoms with E-state index in [2.05, 4.69) is 15.0 Å². The molecule has 8 nitrogen and oxygen atoms in total. The maximum absolute atomic E-state index is 11.9. The Morgan fingerprint density at radius 2 is 1.74 bits per heavy atom. The van der Waals surface area contributed by atoms with E-state index in [-0.39, 0.29) is 11.4 Å². The Morgan fingerprint density at radius 1 is 1.07 bits per heavy atom. The van der Waals surface area contributed by atoms with Crippen molar-refractivity contribution in [1.82, 2.24) is 5.16 Å². The van der Waals surface area contributed by atoms with E-state index >= 15 is 0 Å². The van der Waals surface area contributed by atoms with Crippen LogP contribution in [0.25, 0.3) is 0 Å². The first-order chi connectivity index (χ1) is 13.0. The van der Waals surface area contributed by atoms with E-state index in [1.807, 2.05) is 30.3 Å². The molecule has 0 aliphatic heterocycles. The zero-order chi connectivity index (χ0) is 19.2. The molecule has 8 heteroatoms. The SMILES string of the molecule is Cc1noc(N)c1C(=O)OCC(=O)Nc1ccc(Oc2ccccc2)cc1. The fourth-order valence-electron chi connectivity index (χ4n) is 2.27. The second kappa shape index (κ2) is 8.05. The van der Waals surface area contributed by atoms with Gasteiger partial charge in [-0.3, -0.25) is 4.79 Å². The fraction of sp³-hybridized carbons (Fsp3) is 0.105. The van der Waals surface area contributed by atoms with Crippen LogP contribution in [0.3, 0.4) is 0 Å². The van der Waals surface area contributed by atoms with E-state index in [4.69, 9.17) is 15.2 Å². The number of ether oxygens (including phenoxy) is 2. The fourth-order valence-corrected chi connectivity index (χ4v) is 2.27. The minimum absolute atomic E-state index is 0.0187. The van der Waals surface area contributed by atoms with Gasteiger partial charge in [-0.05, 0) is 43.3 Å². The summed E-state index contributed by atoms with van der Waals surface area (Å²) < 4.78 is 15.3. The van der Waals surface area contributed by atoms with Gasteiger partial charge in [0.1, 0.15) is 17.1 Å². The zero-order valence-corrected chi connectivity index (χ0v) is 14.5. The summed E-state index contributed by atoms with van der Waals surface area (Å²) in [4.78, 5) is 23.9. The van der Waals surface area contributed by atoms with Crippen molar-refractivity contribution in [3.05, 3.63) is 65.9 Å². The van der Waals surface area contributed by atoms with Crippen LogP contribution < -0.4 is 15.8 Å². The number of anilines is 2. The highest BCUT2D eigenvalue weighted by Crippen LogP contribution is 2.22. The number of aromatic nitrogens is 1. The Morgan fingerprint density at radius 3 is 2.37 bits per heavy atom. The number of nitrogens with zero attached hydrogens (tertiary/aromatic N) is 1. The highest BCUT2D eigenvalue weighted by molar-refractivity contribution is 5.98. The summed E-state index contributed by atoms with van der Waals surface area (Å²) in [5, 5.41) is 6.18. The number of amides is 1. The Bertz CT molecular complexity index is 916. The Labute approximate surface area is 154 Å². The van der Waals surface area contributed by atoms with Crippen molar-refractivity contribution >= 4 is 23.4 Å². The van der Waals surface area contributed by atoms with Gasteiger partial charge in [-0.25, -0.2) is 4.79 Å². The first-order valence-corrected chi connectivity index (χ1v) is 8.04. The average Bonchev–Trinajstić information content (AvgIpc) is 3.01. The number of nitrogens with one attached hydrogen (secondary N) is 1. The maximum Gasteiger partial charge on any atom is 0.346 e. The molecule has 1 heterocycles. The lowest BCUT2D eigenvalue weighted by Crippen LogP contribution is -2.21. The third kappa shape index (κ3) is 4.63. The minimum Gasteiger partial charge on any atom is -0.457 e. The number of hydrogen-bond donors (Lipinski definition) is 2. The average molecular weight is 367 g/mol. The number of hydrogen-bond acceptors (Lipinski definition) is 7. The Kier molecular flexibility index (Phi) is 5.36. The summed E-state index contributed by atoms with van der Waals surface area (Å²) in [6, 6.07) is 16.1. The van der Waals surface area contributed by atoms with Crippen LogP contribution in [0, 0.1) is 6.92 Å². The van der Waals surface area contributed by atoms with Crippen LogP contribution in [0.15, 0.2) is 59.1 Å². The van der Waals surface area contributed by atoms with Crippen molar-refractivity contribution in [1.29, 1.82) is 0 Å². The summed E-state index contributed by atoms with van der Waals surface area (Å²) >= 11 is 0. The molecular weight excluding hydrogens is 350 g/mol. The van der Waals surface area contributed by atoms with Gasteiger partial charge in [-0.1, -0.05) is 23.4 Å². The predicted molar refractivity (Wildman–Crippen MR) is 97.5 cm³/mol. The largest absolute Gasteiger partial charge is 0.457 e. The minimum atomic E-state index is -0.770. The summed E-state index contributed by atoms with van der Waals surface area (Å²) in [5.74, 6) is -0.0683. The number of nitrogens with two attached hydrogens (primary N) is 1. The van der Waals surface area contributed by atoms with Crippen LogP contribution in [0.2, 0.25) is 0 Å². The molecule has 2 aromatic carbocycles. The standard InChI is InChI=1S/C19H17N3O5/c1-12-17(18(20)27-22-12)19(24)25-11-16(23)21-13-7-9-15(10-8-13)26-14-5-3-2-4-6-14/h2-10H,11,20H2,1H3,(H,21,23). The van der Waals surface area contributed by atoms with Crippen molar-refractivity contribution in [2.24, 2.45) is 0 Å². The van der Waals surface area contributed by atoms with Crippen molar-refractivity contribution in [2.75, 3.05) is 17.7 Å². The van der Waals surface area contributed by atoms with Gasteiger partial charge in [-0.2, -0.15) is 0 Å². The first kappa shape index (κ1) is 18.0. The molecule has 0 atom stereocenters. The molecule has 1 aromatic heterocycles. The number of benzene rings is 2. The topological polar surface area (TPSA) is 117 Å².